The zero-order chi connectivity index (χ0) is 39.0. The first-order chi connectivity index (χ1) is 23.4. The highest BCUT2D eigenvalue weighted by atomic mass is 16.7. The molecule has 0 saturated carbocycles. The maximum Gasteiger partial charge on any atom is 0.311 e. The van der Waals surface area contributed by atoms with Crippen molar-refractivity contribution in [2.75, 3.05) is 21.2 Å². The maximum atomic E-state index is 14.2. The highest BCUT2D eigenvalue weighted by molar-refractivity contribution is 5.83. The molecule has 0 spiro atoms. The molecule has 0 aliphatic carbocycles. The molecule has 3 heterocycles. The van der Waals surface area contributed by atoms with Gasteiger partial charge in [-0.3, -0.25) is 9.59 Å². The largest absolute Gasteiger partial charge is 0.461 e. The molecule has 1 unspecified atom stereocenters. The third-order valence-electron chi connectivity index (χ3n) is 12.2. The number of ketones is 1. The van der Waals surface area contributed by atoms with E-state index in [1.165, 1.54) is 7.11 Å². The number of likely N-dealkylation sites (N-methyl/N-ethyl adjacent to an activating group) is 1. The molecule has 13 nitrogen and oxygen atoms in total. The van der Waals surface area contributed by atoms with Gasteiger partial charge in [0.25, 0.3) is 0 Å². The van der Waals surface area contributed by atoms with Crippen molar-refractivity contribution in [3.63, 3.8) is 0 Å². The molecule has 0 aromatic carbocycles. The normalized spacial score (nSPS) is 47.9. The van der Waals surface area contributed by atoms with Gasteiger partial charge in [0, 0.05) is 42.7 Å². The second-order valence-electron chi connectivity index (χ2n) is 17.1. The fraction of sp³-hybridized carbons (Fsp3) is 0.947. The second-order valence-corrected chi connectivity index (χ2v) is 17.1. The molecule has 3 fully saturated rings. The Morgan fingerprint density at radius 2 is 1.49 bits per heavy atom. The Morgan fingerprint density at radius 1 is 0.882 bits per heavy atom. The Bertz CT molecular complexity index is 1170. The lowest BCUT2D eigenvalue weighted by atomic mass is 9.70. The highest BCUT2D eigenvalue weighted by Crippen LogP contribution is 2.42. The summed E-state index contributed by atoms with van der Waals surface area (Å²) >= 11 is 0. The van der Waals surface area contributed by atoms with Crippen molar-refractivity contribution in [2.24, 2.45) is 29.1 Å². The zero-order valence-corrected chi connectivity index (χ0v) is 33.5. The lowest BCUT2D eigenvalue weighted by Gasteiger charge is -2.49. The average Bonchev–Trinajstić information content (AvgIpc) is 3.05. The molecule has 0 radical (unpaired) electrons. The fourth-order valence-electron chi connectivity index (χ4n) is 8.69. The lowest BCUT2D eigenvalue weighted by Crippen LogP contribution is -2.60. The predicted molar refractivity (Wildman–Crippen MR) is 189 cm³/mol. The van der Waals surface area contributed by atoms with Crippen LogP contribution in [-0.2, 0) is 38.0 Å². The number of nitrogens with zero attached hydrogens (tertiary/aromatic N) is 1. The number of Topliss-reactive ketones (excluding diaryl/α,β-unsaturated/α-hetero) is 1. The Balaban J connectivity index is 2.18. The first-order valence-corrected chi connectivity index (χ1v) is 18.8. The Labute approximate surface area is 305 Å². The summed E-state index contributed by atoms with van der Waals surface area (Å²) in [5, 5.41) is 46.4. The van der Waals surface area contributed by atoms with E-state index in [0.29, 0.717) is 12.8 Å². The van der Waals surface area contributed by atoms with E-state index in [-0.39, 0.29) is 30.8 Å². The molecule has 298 valence electrons. The summed E-state index contributed by atoms with van der Waals surface area (Å²) in [6.45, 7) is 19.2. The van der Waals surface area contributed by atoms with Crippen LogP contribution in [0.15, 0.2) is 0 Å². The molecule has 3 saturated heterocycles. The number of hydrogen-bond donors (Lipinski definition) is 4. The van der Waals surface area contributed by atoms with Crippen LogP contribution >= 0.6 is 0 Å². The monoisotopic (exact) mass is 731 g/mol. The van der Waals surface area contributed by atoms with E-state index < -0.39 is 102 Å². The molecule has 13 heteroatoms. The molecule has 3 aliphatic heterocycles. The van der Waals surface area contributed by atoms with Crippen molar-refractivity contribution < 1.29 is 58.4 Å². The molecule has 17 atom stereocenters. The summed E-state index contributed by atoms with van der Waals surface area (Å²) < 4.78 is 37.5. The molecule has 3 aliphatic rings. The Morgan fingerprint density at radius 3 is 2.04 bits per heavy atom. The predicted octanol–water partition coefficient (Wildman–Crippen LogP) is 3.06. The number of aliphatic hydroxyl groups excluding tert-OH is 3. The molecule has 0 aromatic heterocycles. The van der Waals surface area contributed by atoms with Crippen LogP contribution in [0.1, 0.15) is 102 Å². The van der Waals surface area contributed by atoms with Gasteiger partial charge in [-0.1, -0.05) is 41.5 Å². The minimum absolute atomic E-state index is 0.0541. The zero-order valence-electron chi connectivity index (χ0n) is 33.5. The van der Waals surface area contributed by atoms with E-state index in [1.807, 2.05) is 32.8 Å². The second kappa shape index (κ2) is 17.0. The molecule has 51 heavy (non-hydrogen) atoms. The van der Waals surface area contributed by atoms with Gasteiger partial charge in [-0.15, -0.1) is 0 Å². The summed E-state index contributed by atoms with van der Waals surface area (Å²) in [7, 11) is 5.24. The van der Waals surface area contributed by atoms with E-state index in [4.69, 9.17) is 28.4 Å². The quantitative estimate of drug-likeness (QED) is 0.282. The summed E-state index contributed by atoms with van der Waals surface area (Å²) in [5.74, 6) is -4.12. The highest BCUT2D eigenvalue weighted by Gasteiger charge is 2.53. The third kappa shape index (κ3) is 9.52. The molecule has 0 bridgehead atoms. The number of cyclic esters (lactones) is 1. The molecule has 0 amide bonds. The number of carbonyl (C=O) groups is 2. The van der Waals surface area contributed by atoms with Gasteiger partial charge >= 0.3 is 5.97 Å². The van der Waals surface area contributed by atoms with Crippen LogP contribution in [0.2, 0.25) is 0 Å². The number of ether oxygens (including phenoxy) is 6. The number of hydrogen-bond acceptors (Lipinski definition) is 13. The lowest BCUT2D eigenvalue weighted by molar-refractivity contribution is -0.317. The maximum absolute atomic E-state index is 14.2. The molecular formula is C38H69NO12. The van der Waals surface area contributed by atoms with Gasteiger partial charge in [-0.05, 0) is 68.0 Å². The van der Waals surface area contributed by atoms with Crippen molar-refractivity contribution >= 4 is 11.8 Å². The third-order valence-corrected chi connectivity index (χ3v) is 12.2. The van der Waals surface area contributed by atoms with Crippen LogP contribution in [0, 0.1) is 29.1 Å². The summed E-state index contributed by atoms with van der Waals surface area (Å²) in [6.07, 6.45) is -8.10. The first kappa shape index (κ1) is 44.1. The van der Waals surface area contributed by atoms with Crippen LogP contribution in [0.25, 0.3) is 0 Å². The Hall–Kier alpha value is -1.26. The van der Waals surface area contributed by atoms with Crippen LogP contribution in [0.4, 0.5) is 0 Å². The van der Waals surface area contributed by atoms with Gasteiger partial charge in [0.15, 0.2) is 12.6 Å². The number of esters is 1. The number of aliphatic hydroxyl groups is 4. The number of rotatable bonds is 7. The van der Waals surface area contributed by atoms with Crippen molar-refractivity contribution in [1.82, 2.24) is 4.90 Å². The fourth-order valence-corrected chi connectivity index (χ4v) is 8.69. The van der Waals surface area contributed by atoms with Gasteiger partial charge in [0.2, 0.25) is 0 Å². The van der Waals surface area contributed by atoms with Gasteiger partial charge in [0.05, 0.1) is 47.6 Å². The summed E-state index contributed by atoms with van der Waals surface area (Å²) in [4.78, 5) is 30.0. The van der Waals surface area contributed by atoms with E-state index in [1.54, 1.807) is 62.3 Å². The first-order valence-electron chi connectivity index (χ1n) is 18.8. The van der Waals surface area contributed by atoms with Crippen LogP contribution < -0.4 is 0 Å². The van der Waals surface area contributed by atoms with Crippen molar-refractivity contribution in [1.29, 1.82) is 0 Å². The average molecular weight is 732 g/mol. The van der Waals surface area contributed by atoms with E-state index in [2.05, 4.69) is 0 Å². The SMILES string of the molecule is CC[C@H]1OC(=O)[C@H](C)[C@@H](OC2C[C@@](C)(OC)[C@@H](O)[C@H](C)O2)[C@H](C)[C@@H](O[C@@H]2O[C@H](C)C[C@H](N(C)C)[C@H]2O)[C@@](C)(O)C[C@@H](C)C(=O)[C@H](C)[C@@H](O)C1(C)C. The van der Waals surface area contributed by atoms with Gasteiger partial charge in [0.1, 0.15) is 24.1 Å². The van der Waals surface area contributed by atoms with Crippen LogP contribution in [-0.4, -0.2) is 137 Å². The minimum Gasteiger partial charge on any atom is -0.461 e. The van der Waals surface area contributed by atoms with Crippen LogP contribution in [0.5, 0.6) is 0 Å². The van der Waals surface area contributed by atoms with E-state index >= 15 is 0 Å². The minimum atomic E-state index is -1.73. The van der Waals surface area contributed by atoms with Gasteiger partial charge in [-0.25, -0.2) is 0 Å². The molecular weight excluding hydrogens is 662 g/mol. The number of methoxy groups -OCH3 is 1. The topological polar surface area (TPSA) is 174 Å². The standard InChI is InChI=1S/C38H69NO12/c1-15-26-36(8,9)31(42)21(4)28(40)19(2)17-37(10,45)33(51-35-29(41)25(39(12)13)16-20(3)47-35)22(5)30(23(6)34(44)49-26)50-27-18-38(11,46-14)32(43)24(7)48-27/h19-27,29-33,35,41-43,45H,15-18H2,1-14H3/t19-,20-,21+,22+,23-,24+,25+,26-,27?,29-,30+,31-,32+,33-,35+,37+,38-/m1/s1. The summed E-state index contributed by atoms with van der Waals surface area (Å²) in [5.41, 5.74) is -3.74. The van der Waals surface area contributed by atoms with Crippen molar-refractivity contribution in [3.8, 4) is 0 Å². The molecule has 4 N–H and O–H groups in total. The van der Waals surface area contributed by atoms with E-state index in [0.717, 1.165) is 0 Å². The van der Waals surface area contributed by atoms with Crippen LogP contribution in [0.3, 0.4) is 0 Å². The van der Waals surface area contributed by atoms with Gasteiger partial charge in [-0.2, -0.15) is 0 Å². The molecule has 3 rings (SSSR count). The van der Waals surface area contributed by atoms with Crippen molar-refractivity contribution in [2.45, 2.75) is 181 Å². The molecule has 0 aromatic rings. The van der Waals surface area contributed by atoms with Crippen molar-refractivity contribution in [3.05, 3.63) is 0 Å². The van der Waals surface area contributed by atoms with Gasteiger partial charge < -0.3 is 53.7 Å². The Kier molecular flexibility index (Phi) is 14.7. The van der Waals surface area contributed by atoms with E-state index in [9.17, 15) is 30.0 Å². The smallest absolute Gasteiger partial charge is 0.311 e. The number of carbonyl (C=O) groups excluding carboxylic acids is 2. The summed E-state index contributed by atoms with van der Waals surface area (Å²) in [6, 6.07) is -0.300.